The Labute approximate surface area is 180 Å². The Hall–Kier alpha value is -1.45. The van der Waals surface area contributed by atoms with Gasteiger partial charge in [-0.15, -0.1) is 0 Å². The normalized spacial score (nSPS) is 22.0. The number of rotatable bonds is 6. The second kappa shape index (κ2) is 8.96. The van der Waals surface area contributed by atoms with Crippen LogP contribution in [-0.2, 0) is 16.8 Å². The molecule has 2 saturated heterocycles. The van der Waals surface area contributed by atoms with Gasteiger partial charge in [0.25, 0.3) is 10.2 Å². The molecule has 0 amide bonds. The Balaban J connectivity index is 1.37. The Kier molecular flexibility index (Phi) is 6.50. The highest BCUT2D eigenvalue weighted by Gasteiger charge is 2.34. The molecule has 1 N–H and O–H groups in total. The maximum Gasteiger partial charge on any atom is 0.282 e. The second-order valence-electron chi connectivity index (χ2n) is 8.69. The molecule has 8 heteroatoms. The van der Waals surface area contributed by atoms with Gasteiger partial charge in [0.2, 0.25) is 0 Å². The van der Waals surface area contributed by atoms with Crippen LogP contribution in [0, 0.1) is 5.92 Å². The van der Waals surface area contributed by atoms with Gasteiger partial charge in [0.05, 0.1) is 6.10 Å². The van der Waals surface area contributed by atoms with Gasteiger partial charge >= 0.3 is 0 Å². The minimum atomic E-state index is -3.37. The number of benzene rings is 1. The lowest BCUT2D eigenvalue weighted by Crippen LogP contribution is -2.54. The van der Waals surface area contributed by atoms with Gasteiger partial charge in [-0.05, 0) is 31.7 Å². The highest BCUT2D eigenvalue weighted by molar-refractivity contribution is 7.86. The first-order chi connectivity index (χ1) is 14.4. The Morgan fingerprint density at radius 1 is 1.03 bits per heavy atom. The summed E-state index contributed by atoms with van der Waals surface area (Å²) in [5, 5.41) is 12.0. The average molecular weight is 435 g/mol. The average Bonchev–Trinajstić information content (AvgIpc) is 3.13. The number of hydrogen-bond donors (Lipinski definition) is 1. The lowest BCUT2D eigenvalue weighted by atomic mass is 10.0. The van der Waals surface area contributed by atoms with Crippen molar-refractivity contribution in [1.29, 1.82) is 0 Å². The van der Waals surface area contributed by atoms with Gasteiger partial charge in [0, 0.05) is 75.0 Å². The molecule has 0 radical (unpaired) electrons. The summed E-state index contributed by atoms with van der Waals surface area (Å²) in [5.74, 6) is 0.605. The molecule has 7 nitrogen and oxygen atoms in total. The largest absolute Gasteiger partial charge is 0.387 e. The number of nitrogens with zero attached hydrogens (tertiary/aromatic N) is 4. The van der Waals surface area contributed by atoms with Gasteiger partial charge < -0.3 is 9.67 Å². The standard InChI is InChI=1S/C22H34N4O3S/c1-3-24-16-20(19-6-4-5-7-21(19)24)22(27)17-23-12-14-26(15-13-23)30(28,29)25-10-8-18(2)9-11-25/h4-7,16,18,22,27H,3,8-15,17H2,1-2H3/t22-/m1/s1. The quantitative estimate of drug-likeness (QED) is 0.757. The summed E-state index contributed by atoms with van der Waals surface area (Å²) >= 11 is 0. The maximum absolute atomic E-state index is 13.0. The van der Waals surface area contributed by atoms with E-state index in [1.54, 1.807) is 8.61 Å². The van der Waals surface area contributed by atoms with Crippen LogP contribution in [0.3, 0.4) is 0 Å². The fourth-order valence-electron chi connectivity index (χ4n) is 4.67. The fraction of sp³-hybridized carbons (Fsp3) is 0.636. The van der Waals surface area contributed by atoms with Crippen LogP contribution in [0.4, 0.5) is 0 Å². The number of aliphatic hydroxyl groups is 1. The molecular formula is C22H34N4O3S. The summed E-state index contributed by atoms with van der Waals surface area (Å²) in [5.41, 5.74) is 2.09. The predicted molar refractivity (Wildman–Crippen MR) is 119 cm³/mol. The smallest absolute Gasteiger partial charge is 0.282 e. The van der Waals surface area contributed by atoms with Crippen molar-refractivity contribution in [2.75, 3.05) is 45.8 Å². The van der Waals surface area contributed by atoms with Gasteiger partial charge in [-0.25, -0.2) is 0 Å². The van der Waals surface area contributed by atoms with E-state index in [0.29, 0.717) is 51.7 Å². The van der Waals surface area contributed by atoms with E-state index in [2.05, 4.69) is 35.4 Å². The molecule has 2 aliphatic heterocycles. The van der Waals surface area contributed by atoms with Gasteiger partial charge in [-0.2, -0.15) is 17.0 Å². The van der Waals surface area contributed by atoms with Gasteiger partial charge in [0.15, 0.2) is 0 Å². The first kappa shape index (κ1) is 21.8. The van der Waals surface area contributed by atoms with E-state index in [0.717, 1.165) is 35.9 Å². The summed E-state index contributed by atoms with van der Waals surface area (Å²) < 4.78 is 31.4. The molecule has 0 spiro atoms. The molecule has 2 aliphatic rings. The first-order valence-electron chi connectivity index (χ1n) is 11.1. The second-order valence-corrected chi connectivity index (χ2v) is 10.6. The number of β-amino-alcohol motifs (C(OH)–C–C–N with tert-alkyl or cyclic N) is 1. The van der Waals surface area contributed by atoms with Gasteiger partial charge in [-0.3, -0.25) is 4.90 Å². The number of piperazine rings is 1. The topological polar surface area (TPSA) is 69.0 Å². The minimum absolute atomic E-state index is 0.484. The number of aliphatic hydroxyl groups excluding tert-OH is 1. The lowest BCUT2D eigenvalue weighted by molar-refractivity contribution is 0.0910. The SMILES string of the molecule is CCn1cc([C@H](O)CN2CCN(S(=O)(=O)N3CCC(C)CC3)CC2)c2ccccc21. The third kappa shape index (κ3) is 4.29. The van der Waals surface area contributed by atoms with E-state index in [-0.39, 0.29) is 0 Å². The van der Waals surface area contributed by atoms with Crippen LogP contribution in [0.15, 0.2) is 30.5 Å². The summed E-state index contributed by atoms with van der Waals surface area (Å²) in [4.78, 5) is 2.17. The van der Waals surface area contributed by atoms with Gasteiger partial charge in [-0.1, -0.05) is 25.1 Å². The third-order valence-electron chi connectivity index (χ3n) is 6.68. The summed E-state index contributed by atoms with van der Waals surface area (Å²) in [6.07, 6.45) is 3.34. The van der Waals surface area contributed by atoms with Crippen molar-refractivity contribution < 1.29 is 13.5 Å². The molecule has 1 aromatic heterocycles. The lowest BCUT2D eigenvalue weighted by Gasteiger charge is -2.38. The van der Waals surface area contributed by atoms with Crippen LogP contribution < -0.4 is 0 Å². The fourth-order valence-corrected chi connectivity index (χ4v) is 6.29. The van der Waals surface area contributed by atoms with Crippen molar-refractivity contribution in [3.63, 3.8) is 0 Å². The number of aryl methyl sites for hydroxylation is 1. The van der Waals surface area contributed by atoms with Crippen LogP contribution >= 0.6 is 0 Å². The molecular weight excluding hydrogens is 400 g/mol. The molecule has 0 unspecified atom stereocenters. The highest BCUT2D eigenvalue weighted by Crippen LogP contribution is 2.28. The van der Waals surface area contributed by atoms with Crippen molar-refractivity contribution in [2.24, 2.45) is 5.92 Å². The van der Waals surface area contributed by atoms with Crippen molar-refractivity contribution in [1.82, 2.24) is 18.1 Å². The number of para-hydroxylation sites is 1. The zero-order chi connectivity index (χ0) is 21.3. The highest BCUT2D eigenvalue weighted by atomic mass is 32.2. The number of hydrogen-bond acceptors (Lipinski definition) is 4. The summed E-state index contributed by atoms with van der Waals surface area (Å²) in [6.45, 7) is 9.19. The molecule has 2 aromatic rings. The van der Waals surface area contributed by atoms with E-state index in [9.17, 15) is 13.5 Å². The molecule has 166 valence electrons. The van der Waals surface area contributed by atoms with Gasteiger partial charge in [0.1, 0.15) is 0 Å². The molecule has 3 heterocycles. The zero-order valence-corrected chi connectivity index (χ0v) is 18.9. The Bertz CT molecular complexity index is 958. The molecule has 1 aromatic carbocycles. The Morgan fingerprint density at radius 2 is 1.67 bits per heavy atom. The monoisotopic (exact) mass is 434 g/mol. The molecule has 0 saturated carbocycles. The zero-order valence-electron chi connectivity index (χ0n) is 18.1. The summed E-state index contributed by atoms with van der Waals surface area (Å²) in [6, 6.07) is 8.17. The van der Waals surface area contributed by atoms with Crippen LogP contribution in [0.5, 0.6) is 0 Å². The minimum Gasteiger partial charge on any atom is -0.387 e. The summed E-state index contributed by atoms with van der Waals surface area (Å²) in [7, 11) is -3.37. The molecule has 1 atom stereocenters. The molecule has 4 rings (SSSR count). The van der Waals surface area contributed by atoms with Crippen LogP contribution in [0.2, 0.25) is 0 Å². The van der Waals surface area contributed by atoms with Crippen molar-refractivity contribution in [3.8, 4) is 0 Å². The van der Waals surface area contributed by atoms with Crippen LogP contribution in [0.1, 0.15) is 38.4 Å². The molecule has 30 heavy (non-hydrogen) atoms. The number of aromatic nitrogens is 1. The van der Waals surface area contributed by atoms with Crippen LogP contribution in [-0.4, -0.2) is 77.4 Å². The third-order valence-corrected chi connectivity index (χ3v) is 8.71. The van der Waals surface area contributed by atoms with E-state index >= 15 is 0 Å². The van der Waals surface area contributed by atoms with E-state index in [1.165, 1.54) is 0 Å². The van der Waals surface area contributed by atoms with E-state index in [1.807, 2.05) is 18.3 Å². The van der Waals surface area contributed by atoms with Crippen molar-refractivity contribution in [2.45, 2.75) is 39.3 Å². The first-order valence-corrected chi connectivity index (χ1v) is 12.5. The van der Waals surface area contributed by atoms with E-state index in [4.69, 9.17) is 0 Å². The van der Waals surface area contributed by atoms with Crippen molar-refractivity contribution in [3.05, 3.63) is 36.0 Å². The molecule has 0 bridgehead atoms. The predicted octanol–water partition coefficient (Wildman–Crippen LogP) is 2.29. The Morgan fingerprint density at radius 3 is 2.33 bits per heavy atom. The molecule has 0 aliphatic carbocycles. The number of fused-ring (bicyclic) bond motifs is 1. The van der Waals surface area contributed by atoms with Crippen molar-refractivity contribution >= 4 is 21.1 Å². The van der Waals surface area contributed by atoms with Crippen LogP contribution in [0.25, 0.3) is 10.9 Å². The maximum atomic E-state index is 13.0. The van der Waals surface area contributed by atoms with E-state index < -0.39 is 16.3 Å². The number of piperidine rings is 1. The molecule has 2 fully saturated rings.